The van der Waals surface area contributed by atoms with Crippen molar-refractivity contribution in [2.45, 2.75) is 0 Å². The van der Waals surface area contributed by atoms with Gasteiger partial charge in [-0.2, -0.15) is 0 Å². The second kappa shape index (κ2) is 6.84. The van der Waals surface area contributed by atoms with Crippen molar-refractivity contribution in [3.8, 4) is 5.88 Å². The summed E-state index contributed by atoms with van der Waals surface area (Å²) in [6.07, 6.45) is 1.78. The molecule has 0 amide bonds. The Morgan fingerprint density at radius 1 is 0.966 bits per heavy atom. The zero-order chi connectivity index (χ0) is 20.1. The molecule has 0 radical (unpaired) electrons. The van der Waals surface area contributed by atoms with Crippen LogP contribution in [0.3, 0.4) is 0 Å². The van der Waals surface area contributed by atoms with E-state index in [2.05, 4.69) is 15.0 Å². The van der Waals surface area contributed by atoms with Crippen molar-refractivity contribution in [3.63, 3.8) is 0 Å². The van der Waals surface area contributed by atoms with E-state index in [1.807, 2.05) is 36.4 Å². The molecule has 0 atom stereocenters. The normalized spacial score (nSPS) is 13.4. The Balaban J connectivity index is 1.83. The van der Waals surface area contributed by atoms with Crippen molar-refractivity contribution < 1.29 is 5.11 Å². The first-order chi connectivity index (χ1) is 14.0. The van der Waals surface area contributed by atoms with Crippen molar-refractivity contribution in [2.75, 3.05) is 0 Å². The number of hydrogen-bond acceptors (Lipinski definition) is 5. The summed E-state index contributed by atoms with van der Waals surface area (Å²) >= 11 is 13.2. The van der Waals surface area contributed by atoms with Gasteiger partial charge < -0.3 is 5.11 Å². The van der Waals surface area contributed by atoms with Crippen LogP contribution >= 0.6 is 34.5 Å². The molecule has 5 nitrogen and oxygen atoms in total. The average molecular weight is 440 g/mol. The van der Waals surface area contributed by atoms with Crippen LogP contribution in [0.1, 0.15) is 4.88 Å². The molecule has 2 heterocycles. The van der Waals surface area contributed by atoms with E-state index in [4.69, 9.17) is 23.2 Å². The van der Waals surface area contributed by atoms with Gasteiger partial charge in [0.15, 0.2) is 5.82 Å². The molecule has 0 fully saturated rings. The molecule has 8 heteroatoms. The fourth-order valence-electron chi connectivity index (χ4n) is 3.29. The lowest BCUT2D eigenvalue weighted by molar-refractivity contribution is 0.455. The number of thiazole rings is 1. The van der Waals surface area contributed by atoms with Gasteiger partial charge in [0.2, 0.25) is 5.88 Å². The molecule has 3 aromatic carbocycles. The number of fused-ring (bicyclic) bond motifs is 2. The van der Waals surface area contributed by atoms with Crippen LogP contribution < -0.4 is 26.0 Å². The lowest BCUT2D eigenvalue weighted by atomic mass is 10.1. The van der Waals surface area contributed by atoms with Crippen molar-refractivity contribution in [3.05, 3.63) is 94.3 Å². The van der Waals surface area contributed by atoms with Gasteiger partial charge in [0.1, 0.15) is 0 Å². The van der Waals surface area contributed by atoms with Gasteiger partial charge in [0.05, 0.1) is 25.6 Å². The minimum absolute atomic E-state index is 0.132. The molecule has 0 spiro atoms. The summed E-state index contributed by atoms with van der Waals surface area (Å²) in [4.78, 5) is 23.3. The van der Waals surface area contributed by atoms with E-state index in [9.17, 15) is 9.90 Å². The Morgan fingerprint density at radius 3 is 2.24 bits per heavy atom. The molecule has 0 unspecified atom stereocenters. The van der Waals surface area contributed by atoms with Crippen LogP contribution in [-0.2, 0) is 0 Å². The van der Waals surface area contributed by atoms with Gasteiger partial charge in [0.25, 0.3) is 0 Å². The number of nitrogens with one attached hydrogen (secondary N) is 1. The van der Waals surface area contributed by atoms with E-state index in [-0.39, 0.29) is 10.8 Å². The number of aromatic hydroxyl groups is 1. The summed E-state index contributed by atoms with van der Waals surface area (Å²) in [7, 11) is 0. The summed E-state index contributed by atoms with van der Waals surface area (Å²) < 4.78 is 0. The number of benzene rings is 3. The van der Waals surface area contributed by atoms with E-state index < -0.39 is 0 Å². The Bertz CT molecular complexity index is 1580. The molecule has 0 saturated carbocycles. The SMILES string of the molecule is O=c1[nH]c(O)c(/C=c2\ccc(=C3N=c4cc(Cl)c(Cl)cc4=N3)c3ccccc23)s1. The first kappa shape index (κ1) is 18.1. The van der Waals surface area contributed by atoms with Crippen molar-refractivity contribution >= 4 is 57.2 Å². The number of aromatic amines is 1. The molecule has 29 heavy (non-hydrogen) atoms. The molecule has 142 valence electrons. The third kappa shape index (κ3) is 3.15. The number of aromatic nitrogens is 1. The van der Waals surface area contributed by atoms with Gasteiger partial charge in [-0.1, -0.05) is 64.9 Å². The molecule has 4 aromatic rings. The van der Waals surface area contributed by atoms with Gasteiger partial charge in [-0.05, 0) is 40.3 Å². The lowest BCUT2D eigenvalue weighted by Crippen LogP contribution is -2.20. The Morgan fingerprint density at radius 2 is 1.62 bits per heavy atom. The van der Waals surface area contributed by atoms with Crippen LogP contribution in [-0.4, -0.2) is 10.1 Å². The first-order valence-corrected chi connectivity index (χ1v) is 10.2. The van der Waals surface area contributed by atoms with E-state index in [0.717, 1.165) is 32.5 Å². The fourth-order valence-corrected chi connectivity index (χ4v) is 4.29. The molecular formula is C21H11Cl2N3O2S. The fraction of sp³-hybridized carbons (Fsp3) is 0. The third-order valence-electron chi connectivity index (χ3n) is 4.61. The maximum Gasteiger partial charge on any atom is 0.307 e. The second-order valence-electron chi connectivity index (χ2n) is 6.42. The summed E-state index contributed by atoms with van der Waals surface area (Å²) in [6, 6.07) is 15.1. The molecule has 1 aliphatic heterocycles. The van der Waals surface area contributed by atoms with Gasteiger partial charge in [-0.25, -0.2) is 9.98 Å². The van der Waals surface area contributed by atoms with Crippen molar-refractivity contribution in [1.82, 2.24) is 4.98 Å². The number of hydrogen-bond donors (Lipinski definition) is 2. The molecule has 1 aliphatic rings. The van der Waals surface area contributed by atoms with Gasteiger partial charge >= 0.3 is 4.87 Å². The molecule has 0 saturated heterocycles. The highest BCUT2D eigenvalue weighted by Gasteiger charge is 2.09. The highest BCUT2D eigenvalue weighted by atomic mass is 35.5. The number of rotatable bonds is 1. The summed E-state index contributed by atoms with van der Waals surface area (Å²) in [6.45, 7) is 0. The molecule has 0 bridgehead atoms. The van der Waals surface area contributed by atoms with E-state index in [0.29, 0.717) is 31.5 Å². The summed E-state index contributed by atoms with van der Waals surface area (Å²) in [5.41, 5.74) is 0. The summed E-state index contributed by atoms with van der Waals surface area (Å²) in [5.74, 6) is 0.447. The van der Waals surface area contributed by atoms with Crippen LogP contribution in [0.2, 0.25) is 10.0 Å². The Kier molecular flexibility index (Phi) is 4.28. The lowest BCUT2D eigenvalue weighted by Gasteiger charge is -2.01. The van der Waals surface area contributed by atoms with Gasteiger partial charge in [-0.15, -0.1) is 0 Å². The number of nitrogens with zero attached hydrogens (tertiary/aromatic N) is 2. The Labute approximate surface area is 177 Å². The van der Waals surface area contributed by atoms with Crippen molar-refractivity contribution in [2.24, 2.45) is 9.98 Å². The molecule has 0 aliphatic carbocycles. The van der Waals surface area contributed by atoms with Crippen molar-refractivity contribution in [1.29, 1.82) is 0 Å². The summed E-state index contributed by atoms with van der Waals surface area (Å²) in [5, 5.41) is 15.8. The maximum atomic E-state index is 11.5. The zero-order valence-corrected chi connectivity index (χ0v) is 16.9. The smallest absolute Gasteiger partial charge is 0.307 e. The monoisotopic (exact) mass is 439 g/mol. The van der Waals surface area contributed by atoms with Gasteiger partial charge in [-0.3, -0.25) is 9.78 Å². The largest absolute Gasteiger partial charge is 0.493 e. The topological polar surface area (TPSA) is 77.8 Å². The number of halogens is 2. The number of H-pyrrole nitrogens is 1. The predicted molar refractivity (Wildman–Crippen MR) is 116 cm³/mol. The third-order valence-corrected chi connectivity index (χ3v) is 6.15. The Hall–Kier alpha value is -2.93. The minimum atomic E-state index is -0.302. The predicted octanol–water partition coefficient (Wildman–Crippen LogP) is 2.45. The van der Waals surface area contributed by atoms with Gasteiger partial charge in [0, 0.05) is 5.22 Å². The quantitative estimate of drug-likeness (QED) is 0.477. The van der Waals surface area contributed by atoms with E-state index >= 15 is 0 Å². The standard InChI is InChI=1S/C21H11Cl2N3O2S/c22-14-8-16-17(9-15(14)23)25-19(24-16)13-6-5-10(11-3-1-2-4-12(11)13)7-18-20(27)26-21(28)29-18/h1-9,27H,(H,26,28)/b10-7+. The van der Waals surface area contributed by atoms with Crippen LogP contribution in [0.4, 0.5) is 0 Å². The van der Waals surface area contributed by atoms with Crippen LogP contribution in [0, 0.1) is 0 Å². The second-order valence-corrected chi connectivity index (χ2v) is 8.25. The molecular weight excluding hydrogens is 429 g/mol. The molecule has 1 aromatic heterocycles. The highest BCUT2D eigenvalue weighted by molar-refractivity contribution is 7.10. The van der Waals surface area contributed by atoms with Crippen LogP contribution in [0.25, 0.3) is 22.7 Å². The molecule has 2 N–H and O–H groups in total. The molecule has 5 rings (SSSR count). The highest BCUT2D eigenvalue weighted by Crippen LogP contribution is 2.19. The first-order valence-electron chi connectivity index (χ1n) is 8.58. The average Bonchev–Trinajstić information content (AvgIpc) is 3.24. The van der Waals surface area contributed by atoms with Crippen LogP contribution in [0.15, 0.2) is 63.3 Å². The van der Waals surface area contributed by atoms with E-state index in [1.54, 1.807) is 18.2 Å². The van der Waals surface area contributed by atoms with E-state index in [1.165, 1.54) is 0 Å². The van der Waals surface area contributed by atoms with Crippen LogP contribution in [0.5, 0.6) is 5.88 Å². The minimum Gasteiger partial charge on any atom is -0.493 e. The maximum absolute atomic E-state index is 11.5. The zero-order valence-electron chi connectivity index (χ0n) is 14.6.